The normalized spacial score (nSPS) is 13.1. The summed E-state index contributed by atoms with van der Waals surface area (Å²) in [7, 11) is 3.72. The van der Waals surface area contributed by atoms with E-state index in [1.165, 1.54) is 94.1 Å². The first-order valence-electron chi connectivity index (χ1n) is 11.2. The van der Waals surface area contributed by atoms with Gasteiger partial charge in [-0.05, 0) is 47.5 Å². The summed E-state index contributed by atoms with van der Waals surface area (Å²) in [5, 5.41) is 22.5. The number of benzene rings is 3. The van der Waals surface area contributed by atoms with Gasteiger partial charge in [0.2, 0.25) is 0 Å². The summed E-state index contributed by atoms with van der Waals surface area (Å²) < 4.78 is 14.0. The van der Waals surface area contributed by atoms with Crippen LogP contribution in [0.4, 0.5) is 0 Å². The van der Waals surface area contributed by atoms with Crippen LogP contribution in [0.1, 0.15) is 64.8 Å². The van der Waals surface area contributed by atoms with E-state index in [1.54, 1.807) is 0 Å². The Morgan fingerprint density at radius 2 is 0.784 bits per heavy atom. The second-order valence-electron chi connectivity index (χ2n) is 8.08. The Morgan fingerprint density at radius 1 is 0.514 bits per heavy atom. The standard InChI is InChI=1S/C28H26O9/c1-35-26(32)19-10-4-16(5-11-19)23(29)22(24(30)17-6-12-20(13-7-17)27(33)36-2)25(31)18-8-14-21(15-9-18)28(34)37-3/h4-15,22-24,29-30H,1-3H3. The maximum atomic E-state index is 13.6. The van der Waals surface area contributed by atoms with Crippen molar-refractivity contribution in [2.75, 3.05) is 21.3 Å². The molecule has 37 heavy (non-hydrogen) atoms. The molecule has 0 amide bonds. The molecular weight excluding hydrogens is 480 g/mol. The Hall–Kier alpha value is -4.34. The second-order valence-corrected chi connectivity index (χ2v) is 8.08. The molecule has 2 atom stereocenters. The zero-order valence-electron chi connectivity index (χ0n) is 20.4. The molecule has 0 aromatic heterocycles. The quantitative estimate of drug-likeness (QED) is 0.254. The molecule has 2 N–H and O–H groups in total. The first kappa shape index (κ1) is 27.3. The van der Waals surface area contributed by atoms with Gasteiger partial charge in [0.05, 0.1) is 56.1 Å². The van der Waals surface area contributed by atoms with Gasteiger partial charge in [0, 0.05) is 5.56 Å². The van der Waals surface area contributed by atoms with E-state index in [4.69, 9.17) is 0 Å². The summed E-state index contributed by atoms with van der Waals surface area (Å²) in [6.45, 7) is 0. The fourth-order valence-electron chi connectivity index (χ4n) is 3.82. The van der Waals surface area contributed by atoms with Crippen LogP contribution in [0.3, 0.4) is 0 Å². The van der Waals surface area contributed by atoms with Crippen LogP contribution in [-0.4, -0.2) is 55.2 Å². The number of carbonyl (C=O) groups excluding carboxylic acids is 4. The van der Waals surface area contributed by atoms with Crippen LogP contribution in [0.15, 0.2) is 72.8 Å². The lowest BCUT2D eigenvalue weighted by Crippen LogP contribution is -2.29. The molecule has 0 heterocycles. The van der Waals surface area contributed by atoms with E-state index in [0.717, 1.165) is 0 Å². The molecule has 2 unspecified atom stereocenters. The zero-order chi connectivity index (χ0) is 27.1. The molecule has 3 aromatic carbocycles. The van der Waals surface area contributed by atoms with E-state index >= 15 is 0 Å². The van der Waals surface area contributed by atoms with Crippen molar-refractivity contribution in [3.05, 3.63) is 106 Å². The Kier molecular flexibility index (Phi) is 8.89. The van der Waals surface area contributed by atoms with Crippen LogP contribution in [0, 0.1) is 5.92 Å². The maximum absolute atomic E-state index is 13.6. The van der Waals surface area contributed by atoms with Crippen LogP contribution < -0.4 is 0 Å². The minimum atomic E-state index is -1.48. The Balaban J connectivity index is 2.00. The molecule has 3 aromatic rings. The lowest BCUT2D eigenvalue weighted by atomic mass is 9.81. The Labute approximate surface area is 213 Å². The second kappa shape index (κ2) is 12.1. The molecule has 0 fully saturated rings. The summed E-state index contributed by atoms with van der Waals surface area (Å²) in [5.74, 6) is -3.68. The highest BCUT2D eigenvalue weighted by molar-refractivity contribution is 6.00. The van der Waals surface area contributed by atoms with Gasteiger partial charge in [-0.3, -0.25) is 4.79 Å². The van der Waals surface area contributed by atoms with E-state index in [-0.39, 0.29) is 33.4 Å². The van der Waals surface area contributed by atoms with E-state index in [9.17, 15) is 29.4 Å². The molecule has 0 radical (unpaired) electrons. The average Bonchev–Trinajstić information content (AvgIpc) is 2.95. The van der Waals surface area contributed by atoms with Crippen molar-refractivity contribution in [3.8, 4) is 0 Å². The Morgan fingerprint density at radius 3 is 1.08 bits per heavy atom. The number of ether oxygens (including phenoxy) is 3. The number of hydrogen-bond acceptors (Lipinski definition) is 9. The van der Waals surface area contributed by atoms with Gasteiger partial charge in [0.25, 0.3) is 0 Å². The number of hydrogen-bond donors (Lipinski definition) is 2. The highest BCUT2D eigenvalue weighted by Gasteiger charge is 2.36. The molecular formula is C28H26O9. The van der Waals surface area contributed by atoms with Crippen LogP contribution in [0.5, 0.6) is 0 Å². The van der Waals surface area contributed by atoms with Gasteiger partial charge >= 0.3 is 17.9 Å². The van der Waals surface area contributed by atoms with Gasteiger partial charge in [0.15, 0.2) is 5.78 Å². The van der Waals surface area contributed by atoms with Crippen molar-refractivity contribution in [1.29, 1.82) is 0 Å². The molecule has 3 rings (SSSR count). The highest BCUT2D eigenvalue weighted by atomic mass is 16.5. The minimum Gasteiger partial charge on any atom is -0.465 e. The SMILES string of the molecule is COC(=O)c1ccc(C(=O)C(C(O)c2ccc(C(=O)OC)cc2)C(O)c2ccc(C(=O)OC)cc2)cc1. The fourth-order valence-corrected chi connectivity index (χ4v) is 3.82. The van der Waals surface area contributed by atoms with E-state index in [2.05, 4.69) is 14.2 Å². The van der Waals surface area contributed by atoms with Crippen LogP contribution in [-0.2, 0) is 14.2 Å². The summed E-state index contributed by atoms with van der Waals surface area (Å²) in [4.78, 5) is 48.9. The molecule has 0 spiro atoms. The summed E-state index contributed by atoms with van der Waals surface area (Å²) >= 11 is 0. The van der Waals surface area contributed by atoms with Crippen molar-refractivity contribution in [1.82, 2.24) is 0 Å². The minimum absolute atomic E-state index is 0.146. The number of ketones is 1. The lowest BCUT2D eigenvalue weighted by molar-refractivity contribution is 0.0142. The molecule has 192 valence electrons. The summed E-state index contributed by atoms with van der Waals surface area (Å²) in [6, 6.07) is 17.2. The largest absolute Gasteiger partial charge is 0.465 e. The molecule has 0 aliphatic carbocycles. The van der Waals surface area contributed by atoms with Crippen molar-refractivity contribution in [2.45, 2.75) is 12.2 Å². The fraction of sp³-hybridized carbons (Fsp3) is 0.214. The third-order valence-electron chi connectivity index (χ3n) is 5.92. The van der Waals surface area contributed by atoms with Crippen LogP contribution in [0.2, 0.25) is 0 Å². The molecule has 0 bridgehead atoms. The first-order chi connectivity index (χ1) is 17.7. The van der Waals surface area contributed by atoms with Gasteiger partial charge in [-0.2, -0.15) is 0 Å². The van der Waals surface area contributed by atoms with Gasteiger partial charge < -0.3 is 24.4 Å². The molecule has 0 saturated heterocycles. The van der Waals surface area contributed by atoms with Crippen molar-refractivity contribution >= 4 is 23.7 Å². The summed E-state index contributed by atoms with van der Waals surface area (Å²) in [6.07, 6.45) is -2.95. The van der Waals surface area contributed by atoms with E-state index < -0.39 is 41.8 Å². The number of esters is 3. The molecule has 0 aliphatic rings. The number of rotatable bonds is 9. The number of carbonyl (C=O) groups is 4. The number of Topliss-reactive ketones (excluding diaryl/α,β-unsaturated/α-hetero) is 1. The zero-order valence-corrected chi connectivity index (χ0v) is 20.4. The average molecular weight is 507 g/mol. The van der Waals surface area contributed by atoms with Crippen molar-refractivity contribution < 1.29 is 43.6 Å². The van der Waals surface area contributed by atoms with E-state index in [0.29, 0.717) is 0 Å². The van der Waals surface area contributed by atoms with Gasteiger partial charge in [-0.15, -0.1) is 0 Å². The molecule has 0 aliphatic heterocycles. The third-order valence-corrected chi connectivity index (χ3v) is 5.92. The third kappa shape index (κ3) is 6.08. The predicted molar refractivity (Wildman–Crippen MR) is 131 cm³/mol. The van der Waals surface area contributed by atoms with Gasteiger partial charge in [-0.1, -0.05) is 36.4 Å². The van der Waals surface area contributed by atoms with Crippen molar-refractivity contribution in [2.24, 2.45) is 5.92 Å². The molecule has 0 saturated carbocycles. The predicted octanol–water partition coefficient (Wildman–Crippen LogP) is 3.31. The monoisotopic (exact) mass is 506 g/mol. The molecule has 9 nitrogen and oxygen atoms in total. The van der Waals surface area contributed by atoms with Crippen LogP contribution >= 0.6 is 0 Å². The molecule has 9 heteroatoms. The lowest BCUT2D eigenvalue weighted by Gasteiger charge is -2.27. The maximum Gasteiger partial charge on any atom is 0.337 e. The highest BCUT2D eigenvalue weighted by Crippen LogP contribution is 2.36. The number of methoxy groups -OCH3 is 3. The number of aliphatic hydroxyl groups is 2. The van der Waals surface area contributed by atoms with Crippen molar-refractivity contribution in [3.63, 3.8) is 0 Å². The van der Waals surface area contributed by atoms with Gasteiger partial charge in [-0.25, -0.2) is 14.4 Å². The number of aliphatic hydroxyl groups excluding tert-OH is 2. The van der Waals surface area contributed by atoms with Gasteiger partial charge in [0.1, 0.15) is 0 Å². The smallest absolute Gasteiger partial charge is 0.337 e. The Bertz CT molecular complexity index is 1200. The van der Waals surface area contributed by atoms with E-state index in [1.807, 2.05) is 0 Å². The topological polar surface area (TPSA) is 136 Å². The first-order valence-corrected chi connectivity index (χ1v) is 11.2. The summed E-state index contributed by atoms with van der Waals surface area (Å²) in [5.41, 5.74) is 1.43. The van der Waals surface area contributed by atoms with Crippen LogP contribution in [0.25, 0.3) is 0 Å².